The largest absolute Gasteiger partial charge is 0.490 e. The van der Waals surface area contributed by atoms with Crippen molar-refractivity contribution >= 4 is 12.9 Å². The third-order valence-electron chi connectivity index (χ3n) is 3.94. The molecule has 0 spiro atoms. The Balaban J connectivity index is 2.86. The third kappa shape index (κ3) is 4.49. The monoisotopic (exact) mass is 302 g/mol. The zero-order chi connectivity index (χ0) is 17.0. The van der Waals surface area contributed by atoms with Crippen LogP contribution in [-0.4, -0.2) is 31.9 Å². The van der Waals surface area contributed by atoms with Gasteiger partial charge in [-0.2, -0.15) is 5.26 Å². The summed E-state index contributed by atoms with van der Waals surface area (Å²) < 4.78 is 17.0. The molecule has 1 rings (SSSR count). The van der Waals surface area contributed by atoms with E-state index >= 15 is 0 Å². The molecule has 119 valence electrons. The Bertz CT molecular complexity index is 547. The maximum absolute atomic E-state index is 9.25. The first-order valence-electron chi connectivity index (χ1n) is 7.40. The molecule has 0 fully saturated rings. The van der Waals surface area contributed by atoms with Gasteiger partial charge in [-0.15, -0.1) is 0 Å². The van der Waals surface area contributed by atoms with Crippen molar-refractivity contribution in [3.8, 4) is 11.8 Å². The van der Waals surface area contributed by atoms with Crippen LogP contribution in [0.4, 0.5) is 0 Å². The molecule has 0 aliphatic carbocycles. The summed E-state index contributed by atoms with van der Waals surface area (Å²) >= 11 is 0. The molecule has 0 amide bonds. The molecular formula is C17H25BNO3. The number of hydrogen-bond acceptors (Lipinski definition) is 4. The van der Waals surface area contributed by atoms with Gasteiger partial charge in [0.1, 0.15) is 11.8 Å². The van der Waals surface area contributed by atoms with E-state index in [-0.39, 0.29) is 6.10 Å². The highest BCUT2D eigenvalue weighted by Gasteiger charge is 2.37. The third-order valence-corrected chi connectivity index (χ3v) is 3.94. The molecule has 0 saturated carbocycles. The molecule has 0 unspecified atom stereocenters. The summed E-state index contributed by atoms with van der Waals surface area (Å²) in [7, 11) is 3.32. The van der Waals surface area contributed by atoms with Crippen LogP contribution in [0.5, 0.6) is 5.75 Å². The van der Waals surface area contributed by atoms with Gasteiger partial charge in [-0.05, 0) is 53.7 Å². The van der Waals surface area contributed by atoms with Crippen LogP contribution < -0.4 is 10.2 Å². The second-order valence-electron chi connectivity index (χ2n) is 6.49. The van der Waals surface area contributed by atoms with Gasteiger partial charge >= 0.3 is 7.48 Å². The summed E-state index contributed by atoms with van der Waals surface area (Å²) in [5.41, 5.74) is 0.353. The van der Waals surface area contributed by atoms with E-state index in [0.717, 1.165) is 5.46 Å². The predicted molar refractivity (Wildman–Crippen MR) is 88.6 cm³/mol. The topological polar surface area (TPSA) is 51.5 Å². The van der Waals surface area contributed by atoms with Crippen molar-refractivity contribution in [3.05, 3.63) is 23.8 Å². The molecule has 4 nitrogen and oxygen atoms in total. The molecule has 1 radical (unpaired) electrons. The molecule has 0 saturated heterocycles. The summed E-state index contributed by atoms with van der Waals surface area (Å²) in [6.07, 6.45) is 0.0274. The Labute approximate surface area is 134 Å². The van der Waals surface area contributed by atoms with Gasteiger partial charge in [0.15, 0.2) is 0 Å². The molecule has 1 aromatic carbocycles. The maximum Gasteiger partial charge on any atom is 0.330 e. The van der Waals surface area contributed by atoms with Crippen molar-refractivity contribution in [2.75, 3.05) is 7.11 Å². The molecule has 5 heteroatoms. The van der Waals surface area contributed by atoms with Gasteiger partial charge in [0.2, 0.25) is 0 Å². The highest BCUT2D eigenvalue weighted by atomic mass is 16.5. The summed E-state index contributed by atoms with van der Waals surface area (Å²) in [5, 5.41) is 9.25. The van der Waals surface area contributed by atoms with E-state index in [1.807, 2.05) is 47.6 Å². The predicted octanol–water partition coefficient (Wildman–Crippen LogP) is 2.81. The van der Waals surface area contributed by atoms with Gasteiger partial charge in [0, 0.05) is 7.11 Å². The van der Waals surface area contributed by atoms with Crippen LogP contribution in [0.25, 0.3) is 0 Å². The molecule has 0 heterocycles. The van der Waals surface area contributed by atoms with Crippen LogP contribution in [-0.2, 0) is 9.39 Å². The molecule has 1 aromatic rings. The fraction of sp³-hybridized carbons (Fsp3) is 0.588. The SMILES string of the molecule is COC(C)(C)C(C)(C)O[B]c1ccc(OC(C)C)c(C#N)c1. The Morgan fingerprint density at radius 3 is 2.27 bits per heavy atom. The number of benzene rings is 1. The van der Waals surface area contributed by atoms with Crippen LogP contribution in [0.2, 0.25) is 0 Å². The van der Waals surface area contributed by atoms with E-state index in [1.54, 1.807) is 26.7 Å². The minimum Gasteiger partial charge on any atom is -0.490 e. The minimum absolute atomic E-state index is 0.0274. The van der Waals surface area contributed by atoms with Crippen molar-refractivity contribution < 1.29 is 14.1 Å². The van der Waals surface area contributed by atoms with Gasteiger partial charge in [0.25, 0.3) is 0 Å². The Hall–Kier alpha value is -1.51. The van der Waals surface area contributed by atoms with Gasteiger partial charge in [0.05, 0.1) is 22.9 Å². The van der Waals surface area contributed by atoms with Gasteiger partial charge < -0.3 is 14.1 Å². The van der Waals surface area contributed by atoms with E-state index < -0.39 is 11.2 Å². The molecule has 0 bridgehead atoms. The molecule has 0 aliphatic heterocycles. The standard InChI is InChI=1S/C17H25BNO3/c1-12(2)21-15-9-8-14(10-13(15)11-19)18-22-17(5,6)16(3,4)20-7/h8-10,12H,1-7H3. The van der Waals surface area contributed by atoms with Gasteiger partial charge in [-0.1, -0.05) is 11.5 Å². The fourth-order valence-corrected chi connectivity index (χ4v) is 1.67. The summed E-state index contributed by atoms with van der Waals surface area (Å²) in [6.45, 7) is 11.7. The highest BCUT2D eigenvalue weighted by molar-refractivity contribution is 6.47. The maximum atomic E-state index is 9.25. The second kappa shape index (κ2) is 7.17. The van der Waals surface area contributed by atoms with Crippen LogP contribution in [0.3, 0.4) is 0 Å². The summed E-state index contributed by atoms with van der Waals surface area (Å²) in [6, 6.07) is 7.58. The normalized spacial score (nSPS) is 12.1. The average Bonchev–Trinajstić information content (AvgIpc) is 2.45. The first-order valence-corrected chi connectivity index (χ1v) is 7.40. The lowest BCUT2D eigenvalue weighted by molar-refractivity contribution is -0.114. The first-order chi connectivity index (χ1) is 10.1. The Morgan fingerprint density at radius 1 is 1.14 bits per heavy atom. The highest BCUT2D eigenvalue weighted by Crippen LogP contribution is 2.27. The minimum atomic E-state index is -0.512. The van der Waals surface area contributed by atoms with E-state index in [2.05, 4.69) is 6.07 Å². The van der Waals surface area contributed by atoms with E-state index in [4.69, 9.17) is 14.1 Å². The van der Waals surface area contributed by atoms with E-state index in [1.165, 1.54) is 0 Å². The van der Waals surface area contributed by atoms with Crippen LogP contribution in [0.1, 0.15) is 47.1 Å². The number of ether oxygens (including phenoxy) is 2. The van der Waals surface area contributed by atoms with Crippen molar-refractivity contribution in [2.45, 2.75) is 58.8 Å². The summed E-state index contributed by atoms with van der Waals surface area (Å²) in [5.74, 6) is 0.589. The molecule has 0 aromatic heterocycles. The smallest absolute Gasteiger partial charge is 0.330 e. The molecule has 0 atom stereocenters. The van der Waals surface area contributed by atoms with E-state index in [0.29, 0.717) is 11.3 Å². The molecule has 0 N–H and O–H groups in total. The van der Waals surface area contributed by atoms with E-state index in [9.17, 15) is 5.26 Å². The Kier molecular flexibility index (Phi) is 6.04. The van der Waals surface area contributed by atoms with Crippen LogP contribution in [0.15, 0.2) is 18.2 Å². The van der Waals surface area contributed by atoms with Gasteiger partial charge in [-0.25, -0.2) is 0 Å². The zero-order valence-corrected chi connectivity index (χ0v) is 14.6. The van der Waals surface area contributed by atoms with Crippen LogP contribution >= 0.6 is 0 Å². The second-order valence-corrected chi connectivity index (χ2v) is 6.49. The number of hydrogen-bond donors (Lipinski definition) is 0. The summed E-state index contributed by atoms with van der Waals surface area (Å²) in [4.78, 5) is 0. The lowest BCUT2D eigenvalue weighted by Crippen LogP contribution is -2.50. The van der Waals surface area contributed by atoms with Gasteiger partial charge in [-0.3, -0.25) is 0 Å². The lowest BCUT2D eigenvalue weighted by atomic mass is 9.82. The fourth-order valence-electron chi connectivity index (χ4n) is 1.67. The average molecular weight is 302 g/mol. The van der Waals surface area contributed by atoms with Crippen molar-refractivity contribution in [1.82, 2.24) is 0 Å². The molecular weight excluding hydrogens is 277 g/mol. The molecule has 22 heavy (non-hydrogen) atoms. The van der Waals surface area contributed by atoms with Crippen molar-refractivity contribution in [1.29, 1.82) is 5.26 Å². The Morgan fingerprint density at radius 2 is 1.77 bits per heavy atom. The molecule has 0 aliphatic rings. The number of methoxy groups -OCH3 is 1. The van der Waals surface area contributed by atoms with Crippen molar-refractivity contribution in [3.63, 3.8) is 0 Å². The quantitative estimate of drug-likeness (QED) is 0.727. The van der Waals surface area contributed by atoms with Crippen LogP contribution in [0, 0.1) is 11.3 Å². The zero-order valence-electron chi connectivity index (χ0n) is 14.6. The number of nitrogens with zero attached hydrogens (tertiary/aromatic N) is 1. The lowest BCUT2D eigenvalue weighted by Gasteiger charge is -2.40. The first kappa shape index (κ1) is 18.5. The number of nitriles is 1. The number of rotatable bonds is 7. The van der Waals surface area contributed by atoms with Crippen molar-refractivity contribution in [2.24, 2.45) is 0 Å².